The highest BCUT2D eigenvalue weighted by Crippen LogP contribution is 2.24. The number of fused-ring (bicyclic) bond motifs is 1. The summed E-state index contributed by atoms with van der Waals surface area (Å²) in [5, 5.41) is 5.31. The highest BCUT2D eigenvalue weighted by Gasteiger charge is 2.40. The number of hydrogen-bond acceptors (Lipinski definition) is 3. The second-order valence-electron chi connectivity index (χ2n) is 9.78. The van der Waals surface area contributed by atoms with Gasteiger partial charge in [0.05, 0.1) is 0 Å². The van der Waals surface area contributed by atoms with Crippen LogP contribution in [0.4, 0.5) is 0 Å². The Kier molecular flexibility index (Phi) is 7.62. The molecule has 0 radical (unpaired) electrons. The number of piperazine rings is 1. The summed E-state index contributed by atoms with van der Waals surface area (Å²) in [6.45, 7) is 0.983. The first-order valence-electron chi connectivity index (χ1n) is 13.1. The van der Waals surface area contributed by atoms with Crippen LogP contribution in [-0.2, 0) is 22.6 Å². The van der Waals surface area contributed by atoms with Gasteiger partial charge in [-0.05, 0) is 58.8 Å². The van der Waals surface area contributed by atoms with Crippen molar-refractivity contribution in [3.63, 3.8) is 0 Å². The number of carbonyl (C=O) groups is 2. The molecule has 188 valence electrons. The molecule has 5 nitrogen and oxygen atoms in total. The predicted molar refractivity (Wildman–Crippen MR) is 149 cm³/mol. The Hall–Kier alpha value is -3.96. The Morgan fingerprint density at radius 1 is 0.730 bits per heavy atom. The SMILES string of the molecule is NCCCCC1C(=O)NC(Cc2ccc3ccccc3c2)C(=O)N1Cc1ccc(-c2ccccc2)cc1. The summed E-state index contributed by atoms with van der Waals surface area (Å²) < 4.78 is 0. The second kappa shape index (κ2) is 11.4. The zero-order valence-electron chi connectivity index (χ0n) is 21.0. The molecule has 5 heteroatoms. The molecule has 2 atom stereocenters. The van der Waals surface area contributed by atoms with E-state index < -0.39 is 12.1 Å². The average Bonchev–Trinajstić information content (AvgIpc) is 2.94. The molecule has 0 saturated carbocycles. The lowest BCUT2D eigenvalue weighted by molar-refractivity contribution is -0.150. The molecule has 0 aliphatic carbocycles. The largest absolute Gasteiger partial charge is 0.342 e. The topological polar surface area (TPSA) is 75.4 Å². The Morgan fingerprint density at radius 3 is 2.16 bits per heavy atom. The van der Waals surface area contributed by atoms with Crippen LogP contribution in [0.5, 0.6) is 0 Å². The molecule has 4 aromatic rings. The van der Waals surface area contributed by atoms with Crippen molar-refractivity contribution in [1.82, 2.24) is 10.2 Å². The third kappa shape index (κ3) is 5.73. The number of nitrogens with zero attached hydrogens (tertiary/aromatic N) is 1. The van der Waals surface area contributed by atoms with Crippen LogP contribution in [0.15, 0.2) is 97.1 Å². The second-order valence-corrected chi connectivity index (χ2v) is 9.78. The standard InChI is InChI=1S/C32H33N3O2/c33-19-7-6-12-30-31(36)34-29(21-24-15-18-26-10-4-5-11-28(26)20-24)32(37)35(30)22-23-13-16-27(17-14-23)25-8-2-1-3-9-25/h1-5,8-11,13-18,20,29-30H,6-7,12,19,21-22,33H2,(H,34,36). The summed E-state index contributed by atoms with van der Waals surface area (Å²) in [6.07, 6.45) is 2.71. The lowest BCUT2D eigenvalue weighted by Crippen LogP contribution is -2.63. The van der Waals surface area contributed by atoms with Gasteiger partial charge in [0.15, 0.2) is 0 Å². The molecule has 1 aliphatic heterocycles. The molecule has 2 unspecified atom stereocenters. The number of nitrogens with two attached hydrogens (primary N) is 1. The third-order valence-electron chi connectivity index (χ3n) is 7.18. The fourth-order valence-electron chi connectivity index (χ4n) is 5.15. The van der Waals surface area contributed by atoms with Gasteiger partial charge in [-0.2, -0.15) is 0 Å². The van der Waals surface area contributed by atoms with E-state index in [9.17, 15) is 9.59 Å². The monoisotopic (exact) mass is 491 g/mol. The highest BCUT2D eigenvalue weighted by molar-refractivity contribution is 5.97. The predicted octanol–water partition coefficient (Wildman–Crippen LogP) is 5.07. The zero-order chi connectivity index (χ0) is 25.6. The lowest BCUT2D eigenvalue weighted by atomic mass is 9.95. The maximum absolute atomic E-state index is 13.8. The van der Waals surface area contributed by atoms with E-state index in [1.807, 2.05) is 36.4 Å². The Morgan fingerprint density at radius 2 is 1.41 bits per heavy atom. The summed E-state index contributed by atoms with van der Waals surface area (Å²) in [4.78, 5) is 28.8. The van der Waals surface area contributed by atoms with Gasteiger partial charge in [0.25, 0.3) is 0 Å². The first-order chi connectivity index (χ1) is 18.1. The maximum Gasteiger partial charge on any atom is 0.246 e. The quantitative estimate of drug-likeness (QED) is 0.321. The van der Waals surface area contributed by atoms with Gasteiger partial charge in [-0.3, -0.25) is 9.59 Å². The summed E-state index contributed by atoms with van der Waals surface area (Å²) in [7, 11) is 0. The van der Waals surface area contributed by atoms with Crippen LogP contribution < -0.4 is 11.1 Å². The molecule has 37 heavy (non-hydrogen) atoms. The van der Waals surface area contributed by atoms with Crippen molar-refractivity contribution < 1.29 is 9.59 Å². The molecule has 0 aromatic heterocycles. The van der Waals surface area contributed by atoms with Crippen molar-refractivity contribution in [3.05, 3.63) is 108 Å². The van der Waals surface area contributed by atoms with Crippen molar-refractivity contribution in [2.45, 2.75) is 44.3 Å². The van der Waals surface area contributed by atoms with Crippen molar-refractivity contribution in [2.75, 3.05) is 6.54 Å². The van der Waals surface area contributed by atoms with E-state index in [-0.39, 0.29) is 11.8 Å². The first-order valence-corrected chi connectivity index (χ1v) is 13.1. The number of rotatable bonds is 9. The summed E-state index contributed by atoms with van der Waals surface area (Å²) >= 11 is 0. The van der Waals surface area contributed by atoms with Crippen molar-refractivity contribution >= 4 is 22.6 Å². The van der Waals surface area contributed by atoms with Crippen molar-refractivity contribution in [2.24, 2.45) is 5.73 Å². The van der Waals surface area contributed by atoms with E-state index in [4.69, 9.17) is 5.73 Å². The van der Waals surface area contributed by atoms with Crippen molar-refractivity contribution in [3.8, 4) is 11.1 Å². The van der Waals surface area contributed by atoms with Crippen LogP contribution in [0, 0.1) is 0 Å². The molecule has 5 rings (SSSR count). The third-order valence-corrected chi connectivity index (χ3v) is 7.18. The molecule has 1 heterocycles. The molecular weight excluding hydrogens is 458 g/mol. The molecule has 3 N–H and O–H groups in total. The molecule has 0 spiro atoms. The number of carbonyl (C=O) groups excluding carboxylic acids is 2. The summed E-state index contributed by atoms with van der Waals surface area (Å²) in [5.41, 5.74) is 10.0. The molecule has 1 aliphatic rings. The van der Waals surface area contributed by atoms with Crippen LogP contribution >= 0.6 is 0 Å². The van der Waals surface area contributed by atoms with Gasteiger partial charge in [0, 0.05) is 13.0 Å². The molecule has 4 aromatic carbocycles. The van der Waals surface area contributed by atoms with Gasteiger partial charge < -0.3 is 16.0 Å². The first kappa shape index (κ1) is 24.7. The minimum absolute atomic E-state index is 0.0300. The van der Waals surface area contributed by atoms with Crippen LogP contribution in [-0.4, -0.2) is 35.3 Å². The van der Waals surface area contributed by atoms with Crippen LogP contribution in [0.25, 0.3) is 21.9 Å². The van der Waals surface area contributed by atoms with Gasteiger partial charge in [-0.25, -0.2) is 0 Å². The number of benzene rings is 4. The van der Waals surface area contributed by atoms with E-state index >= 15 is 0 Å². The number of hydrogen-bond donors (Lipinski definition) is 2. The minimum Gasteiger partial charge on any atom is -0.342 e. The van der Waals surface area contributed by atoms with Gasteiger partial charge in [0.2, 0.25) is 11.8 Å². The molecule has 1 saturated heterocycles. The Labute approximate surface area is 218 Å². The van der Waals surface area contributed by atoms with Crippen molar-refractivity contribution in [1.29, 1.82) is 0 Å². The number of amides is 2. The Balaban J connectivity index is 1.36. The Bertz CT molecular complexity index is 1370. The van der Waals surface area contributed by atoms with E-state index in [1.165, 1.54) is 0 Å². The van der Waals surface area contributed by atoms with Crippen LogP contribution in [0.3, 0.4) is 0 Å². The van der Waals surface area contributed by atoms with Gasteiger partial charge in [-0.15, -0.1) is 0 Å². The molecule has 2 amide bonds. The van der Waals surface area contributed by atoms with Gasteiger partial charge >= 0.3 is 0 Å². The van der Waals surface area contributed by atoms with Crippen LogP contribution in [0.2, 0.25) is 0 Å². The van der Waals surface area contributed by atoms with Gasteiger partial charge in [0.1, 0.15) is 12.1 Å². The maximum atomic E-state index is 13.8. The normalized spacial score (nSPS) is 17.7. The van der Waals surface area contributed by atoms with E-state index in [1.54, 1.807) is 4.90 Å². The van der Waals surface area contributed by atoms with E-state index in [2.05, 4.69) is 66.0 Å². The highest BCUT2D eigenvalue weighted by atomic mass is 16.2. The number of nitrogens with one attached hydrogen (secondary N) is 1. The minimum atomic E-state index is -0.581. The lowest BCUT2D eigenvalue weighted by Gasteiger charge is -2.39. The van der Waals surface area contributed by atoms with Gasteiger partial charge in [-0.1, -0.05) is 97.1 Å². The fraction of sp³-hybridized carbons (Fsp3) is 0.250. The smallest absolute Gasteiger partial charge is 0.246 e. The van der Waals surface area contributed by atoms with E-state index in [0.29, 0.717) is 25.9 Å². The molecule has 0 bridgehead atoms. The zero-order valence-corrected chi connectivity index (χ0v) is 21.0. The molecule has 1 fully saturated rings. The fourth-order valence-corrected chi connectivity index (χ4v) is 5.15. The molecular formula is C32H33N3O2. The average molecular weight is 492 g/mol. The number of unbranched alkanes of at least 4 members (excludes halogenated alkanes) is 1. The van der Waals surface area contributed by atoms with E-state index in [0.717, 1.165) is 45.9 Å². The summed E-state index contributed by atoms with van der Waals surface area (Å²) in [5.74, 6) is -0.110. The van der Waals surface area contributed by atoms with Crippen LogP contribution in [0.1, 0.15) is 30.4 Å². The summed E-state index contributed by atoms with van der Waals surface area (Å²) in [6, 6.07) is 31.8.